The third-order valence-electron chi connectivity index (χ3n) is 3.75. The first-order valence-corrected chi connectivity index (χ1v) is 9.40. The van der Waals surface area contributed by atoms with Crippen LogP contribution in [-0.2, 0) is 15.0 Å². The Bertz CT molecular complexity index is 531. The lowest BCUT2D eigenvalue weighted by Gasteiger charge is -2.11. The Morgan fingerprint density at radius 2 is 1.82 bits per heavy atom. The van der Waals surface area contributed by atoms with Crippen molar-refractivity contribution in [3.8, 4) is 0 Å². The van der Waals surface area contributed by atoms with Crippen LogP contribution in [0.3, 0.4) is 0 Å². The van der Waals surface area contributed by atoms with Crippen molar-refractivity contribution in [1.29, 1.82) is 0 Å². The minimum atomic E-state index is -2.18. The van der Waals surface area contributed by atoms with Gasteiger partial charge in [0, 0.05) is 5.92 Å². The van der Waals surface area contributed by atoms with Crippen molar-refractivity contribution in [3.05, 3.63) is 36.3 Å². The summed E-state index contributed by atoms with van der Waals surface area (Å²) in [4.78, 5) is 0.373. The molecule has 0 fully saturated rings. The van der Waals surface area contributed by atoms with E-state index in [0.717, 1.165) is 6.42 Å². The van der Waals surface area contributed by atoms with Crippen molar-refractivity contribution >= 4 is 15.2 Å². The fourth-order valence-electron chi connectivity index (χ4n) is 2.34. The van der Waals surface area contributed by atoms with E-state index in [-0.39, 0.29) is 5.92 Å². The lowest BCUT2D eigenvalue weighted by atomic mass is 10.0. The van der Waals surface area contributed by atoms with E-state index >= 15 is 0 Å². The molecule has 0 radical (unpaired) electrons. The van der Waals surface area contributed by atoms with Crippen LogP contribution in [0.15, 0.2) is 36.3 Å². The Morgan fingerprint density at radius 3 is 2.50 bits per heavy atom. The van der Waals surface area contributed by atoms with Crippen LogP contribution in [0.1, 0.15) is 65.2 Å². The molecule has 0 aromatic heterocycles. The summed E-state index contributed by atoms with van der Waals surface area (Å²) in [6.45, 7) is 4.09. The average molecular weight is 324 g/mol. The zero-order valence-electron chi connectivity index (χ0n) is 13.8. The first-order valence-electron chi connectivity index (χ1n) is 8.32. The molecule has 1 atom stereocenters. The molecule has 3 nitrogen and oxygen atoms in total. The molecule has 0 amide bonds. The van der Waals surface area contributed by atoms with Gasteiger partial charge < -0.3 is 4.74 Å². The molecule has 1 unspecified atom stereocenters. The maximum Gasteiger partial charge on any atom is 0.218 e. The Labute approximate surface area is 136 Å². The van der Waals surface area contributed by atoms with Crippen LogP contribution in [-0.4, -0.2) is 13.3 Å². The second kappa shape index (κ2) is 11.3. The maximum atomic E-state index is 11.1. The molecule has 0 N–H and O–H groups in total. The highest BCUT2D eigenvalue weighted by Gasteiger charge is 2.12. The molecule has 1 aliphatic carbocycles. The van der Waals surface area contributed by atoms with Gasteiger partial charge in [-0.25, -0.2) is 0 Å². The predicted octanol–water partition coefficient (Wildman–Crippen LogP) is 4.80. The lowest BCUT2D eigenvalue weighted by Crippen LogP contribution is -2.11. The molecular weight excluding hydrogens is 296 g/mol. The second-order valence-electron chi connectivity index (χ2n) is 5.73. The summed E-state index contributed by atoms with van der Waals surface area (Å²) < 4.78 is 27.6. The fourth-order valence-corrected chi connectivity index (χ4v) is 2.94. The largest absolute Gasteiger partial charge is 0.465 e. The molecule has 0 aliphatic heterocycles. The van der Waals surface area contributed by atoms with E-state index in [4.69, 9.17) is 4.74 Å². The Morgan fingerprint density at radius 1 is 1.14 bits per heavy atom. The minimum Gasteiger partial charge on any atom is -0.465 e. The summed E-state index contributed by atoms with van der Waals surface area (Å²) in [6, 6.07) is 0. The van der Waals surface area contributed by atoms with Crippen LogP contribution >= 0.6 is 0 Å². The fraction of sp³-hybridized carbons (Fsp3) is 0.611. The Kier molecular flexibility index (Phi) is 9.64. The van der Waals surface area contributed by atoms with Gasteiger partial charge in [0.25, 0.3) is 0 Å². The molecule has 1 aliphatic rings. The molecule has 1 rings (SSSR count). The summed E-state index contributed by atoms with van der Waals surface area (Å²) in [7, 11) is -2.18. The van der Waals surface area contributed by atoms with Gasteiger partial charge in [0.2, 0.25) is 10.3 Å². The average Bonchev–Trinajstić information content (AvgIpc) is 2.50. The molecule has 4 heteroatoms. The number of ether oxygens (including phenoxy) is 1. The summed E-state index contributed by atoms with van der Waals surface area (Å²) in [6.07, 6.45) is 19.0. The summed E-state index contributed by atoms with van der Waals surface area (Å²) in [5, 5.41) is 0. The van der Waals surface area contributed by atoms with Crippen molar-refractivity contribution in [2.45, 2.75) is 65.2 Å². The van der Waals surface area contributed by atoms with Crippen LogP contribution < -0.4 is 0 Å². The van der Waals surface area contributed by atoms with E-state index in [1.54, 1.807) is 12.3 Å². The third kappa shape index (κ3) is 7.64. The van der Waals surface area contributed by atoms with E-state index in [2.05, 4.69) is 6.92 Å². The van der Waals surface area contributed by atoms with Gasteiger partial charge in [-0.3, -0.25) is 0 Å². The maximum absolute atomic E-state index is 11.1. The predicted molar refractivity (Wildman–Crippen MR) is 93.1 cm³/mol. The highest BCUT2D eigenvalue weighted by atomic mass is 32.2. The van der Waals surface area contributed by atoms with Crippen LogP contribution in [0.5, 0.6) is 0 Å². The highest BCUT2D eigenvalue weighted by molar-refractivity contribution is 7.73. The molecule has 0 spiro atoms. The molecule has 0 bridgehead atoms. The van der Waals surface area contributed by atoms with E-state index in [1.165, 1.54) is 44.9 Å². The van der Waals surface area contributed by atoms with Gasteiger partial charge in [-0.2, -0.15) is 8.42 Å². The second-order valence-corrected chi connectivity index (χ2v) is 6.67. The summed E-state index contributed by atoms with van der Waals surface area (Å²) in [5.41, 5.74) is 0. The van der Waals surface area contributed by atoms with Gasteiger partial charge in [-0.15, -0.1) is 0 Å². The molecule has 0 heterocycles. The van der Waals surface area contributed by atoms with E-state index in [9.17, 15) is 8.42 Å². The van der Waals surface area contributed by atoms with Gasteiger partial charge in [-0.05, 0) is 31.1 Å². The molecule has 0 aromatic rings. The van der Waals surface area contributed by atoms with Crippen molar-refractivity contribution in [1.82, 2.24) is 0 Å². The summed E-state index contributed by atoms with van der Waals surface area (Å²) >= 11 is 0. The molecule has 22 heavy (non-hydrogen) atoms. The van der Waals surface area contributed by atoms with Gasteiger partial charge in [0.1, 0.15) is 5.76 Å². The molecule has 0 saturated heterocycles. The van der Waals surface area contributed by atoms with Crippen molar-refractivity contribution in [3.63, 3.8) is 0 Å². The van der Waals surface area contributed by atoms with E-state index < -0.39 is 10.3 Å². The normalized spacial score (nSPS) is 17.8. The lowest BCUT2D eigenvalue weighted by molar-refractivity contribution is 0.365. The SMILES string of the molecule is CCCCCCCCCC=COC1=CC(=S(=O)=O)C(C)C=C1. The molecular formula is C18H28O3S. The number of hydrogen-bond acceptors (Lipinski definition) is 3. The third-order valence-corrected chi connectivity index (χ3v) is 4.62. The van der Waals surface area contributed by atoms with Crippen LogP contribution in [0, 0.1) is 5.92 Å². The number of unbranched alkanes of at least 4 members (excludes halogenated alkanes) is 7. The van der Waals surface area contributed by atoms with Gasteiger partial charge in [0.05, 0.1) is 11.1 Å². The Hall–Kier alpha value is -1.29. The standard InChI is InChI=1S/C18H28O3S/c1-3-4-5-6-7-8-9-10-11-14-21-17-13-12-16(2)18(15-17)22(19)20/h11-16H,3-10H2,1-2H3. The van der Waals surface area contributed by atoms with Gasteiger partial charge in [0.15, 0.2) is 0 Å². The minimum absolute atomic E-state index is 0.0811. The van der Waals surface area contributed by atoms with E-state index in [1.807, 2.05) is 25.2 Å². The van der Waals surface area contributed by atoms with Crippen molar-refractivity contribution < 1.29 is 13.2 Å². The van der Waals surface area contributed by atoms with Crippen molar-refractivity contribution in [2.75, 3.05) is 0 Å². The van der Waals surface area contributed by atoms with E-state index in [0.29, 0.717) is 10.6 Å². The highest BCUT2D eigenvalue weighted by Crippen LogP contribution is 2.15. The molecule has 0 aromatic carbocycles. The zero-order valence-corrected chi connectivity index (χ0v) is 14.6. The first kappa shape index (κ1) is 18.8. The van der Waals surface area contributed by atoms with Crippen molar-refractivity contribution in [2.24, 2.45) is 5.92 Å². The van der Waals surface area contributed by atoms with Gasteiger partial charge in [-0.1, -0.05) is 58.4 Å². The number of hydrogen-bond donors (Lipinski definition) is 0. The van der Waals surface area contributed by atoms with Crippen LogP contribution in [0.4, 0.5) is 0 Å². The number of allylic oxidation sites excluding steroid dienone is 4. The van der Waals surface area contributed by atoms with Crippen LogP contribution in [0.25, 0.3) is 0 Å². The van der Waals surface area contributed by atoms with Crippen LogP contribution in [0.2, 0.25) is 0 Å². The smallest absolute Gasteiger partial charge is 0.218 e. The number of rotatable bonds is 10. The molecule has 124 valence electrons. The monoisotopic (exact) mass is 324 g/mol. The van der Waals surface area contributed by atoms with Gasteiger partial charge >= 0.3 is 0 Å². The zero-order chi connectivity index (χ0) is 16.2. The quantitative estimate of drug-likeness (QED) is 0.329. The first-order chi connectivity index (χ1) is 10.6. The topological polar surface area (TPSA) is 43.4 Å². The molecule has 0 saturated carbocycles. The summed E-state index contributed by atoms with van der Waals surface area (Å²) in [5.74, 6) is 0.496. The Balaban J connectivity index is 2.20.